The van der Waals surface area contributed by atoms with E-state index >= 15 is 0 Å². The van der Waals surface area contributed by atoms with Crippen molar-refractivity contribution < 1.29 is 4.79 Å². The van der Waals surface area contributed by atoms with Crippen molar-refractivity contribution in [2.75, 3.05) is 0 Å². The van der Waals surface area contributed by atoms with Gasteiger partial charge in [-0.3, -0.25) is 9.78 Å². The van der Waals surface area contributed by atoms with Crippen LogP contribution in [0.15, 0.2) is 48.9 Å². The highest BCUT2D eigenvalue weighted by Crippen LogP contribution is 2.23. The van der Waals surface area contributed by atoms with Gasteiger partial charge in [-0.25, -0.2) is 4.98 Å². The first-order chi connectivity index (χ1) is 9.74. The zero-order valence-electron chi connectivity index (χ0n) is 10.6. The van der Waals surface area contributed by atoms with Crippen LogP contribution < -0.4 is 5.73 Å². The molecule has 0 bridgehead atoms. The monoisotopic (exact) mass is 264 g/mol. The molecule has 3 aromatic heterocycles. The maximum atomic E-state index is 10.8. The first kappa shape index (κ1) is 12.1. The number of carbonyl (C=O) groups is 1. The molecule has 0 saturated heterocycles. The van der Waals surface area contributed by atoms with Crippen molar-refractivity contribution in [2.24, 2.45) is 5.73 Å². The van der Waals surface area contributed by atoms with E-state index in [1.807, 2.05) is 24.3 Å². The molecule has 3 N–H and O–H groups in total. The number of hydrogen-bond donors (Lipinski definition) is 2. The molecular formula is C15H12N4O. The molecule has 0 spiro atoms. The van der Waals surface area contributed by atoms with Crippen LogP contribution in [0.2, 0.25) is 0 Å². The van der Waals surface area contributed by atoms with Crippen molar-refractivity contribution in [1.82, 2.24) is 15.0 Å². The van der Waals surface area contributed by atoms with Crippen LogP contribution >= 0.6 is 0 Å². The molecule has 0 aliphatic carbocycles. The Balaban J connectivity index is 2.10. The normalized spacial score (nSPS) is 11.2. The molecule has 3 aromatic rings. The summed E-state index contributed by atoms with van der Waals surface area (Å²) in [5.41, 5.74) is 8.51. The predicted molar refractivity (Wildman–Crippen MR) is 77.6 cm³/mol. The summed E-state index contributed by atoms with van der Waals surface area (Å²) in [5, 5.41) is 0.922. The quantitative estimate of drug-likeness (QED) is 0.710. The zero-order chi connectivity index (χ0) is 13.9. The Bertz CT molecular complexity index is 790. The first-order valence-electron chi connectivity index (χ1n) is 6.10. The second-order valence-electron chi connectivity index (χ2n) is 4.31. The Hall–Kier alpha value is -2.95. The second-order valence-corrected chi connectivity index (χ2v) is 4.31. The number of hydrogen-bond acceptors (Lipinski definition) is 3. The van der Waals surface area contributed by atoms with Gasteiger partial charge in [0.1, 0.15) is 5.65 Å². The molecule has 98 valence electrons. The molecule has 20 heavy (non-hydrogen) atoms. The van der Waals surface area contributed by atoms with Gasteiger partial charge in [-0.1, -0.05) is 6.07 Å². The van der Waals surface area contributed by atoms with Crippen molar-refractivity contribution in [2.45, 2.75) is 0 Å². The Morgan fingerprint density at radius 2 is 2.20 bits per heavy atom. The number of fused-ring (bicyclic) bond motifs is 1. The van der Waals surface area contributed by atoms with Crippen LogP contribution in [0.5, 0.6) is 0 Å². The van der Waals surface area contributed by atoms with E-state index in [1.54, 1.807) is 24.7 Å². The lowest BCUT2D eigenvalue weighted by atomic mass is 10.1. The van der Waals surface area contributed by atoms with Gasteiger partial charge >= 0.3 is 0 Å². The zero-order valence-corrected chi connectivity index (χ0v) is 10.6. The average molecular weight is 264 g/mol. The third-order valence-corrected chi connectivity index (χ3v) is 2.95. The van der Waals surface area contributed by atoms with Gasteiger partial charge in [-0.05, 0) is 24.3 Å². The van der Waals surface area contributed by atoms with Gasteiger partial charge in [0.15, 0.2) is 0 Å². The number of nitrogens with two attached hydrogens (primary N) is 1. The van der Waals surface area contributed by atoms with Crippen LogP contribution in [0.3, 0.4) is 0 Å². The molecule has 0 aromatic carbocycles. The van der Waals surface area contributed by atoms with E-state index < -0.39 is 5.91 Å². The number of pyridine rings is 2. The number of nitrogens with one attached hydrogen (secondary N) is 1. The molecule has 0 unspecified atom stereocenters. The molecule has 5 nitrogen and oxygen atoms in total. The van der Waals surface area contributed by atoms with Crippen molar-refractivity contribution in [3.8, 4) is 11.3 Å². The Morgan fingerprint density at radius 3 is 2.95 bits per heavy atom. The maximum absolute atomic E-state index is 10.8. The summed E-state index contributed by atoms with van der Waals surface area (Å²) in [6.07, 6.45) is 8.30. The van der Waals surface area contributed by atoms with Crippen LogP contribution in [0.1, 0.15) is 5.56 Å². The van der Waals surface area contributed by atoms with Crippen LogP contribution in [0.4, 0.5) is 0 Å². The van der Waals surface area contributed by atoms with Crippen molar-refractivity contribution in [3.63, 3.8) is 0 Å². The van der Waals surface area contributed by atoms with Crippen LogP contribution in [0.25, 0.3) is 28.4 Å². The molecule has 0 aliphatic heterocycles. The number of aromatic nitrogens is 3. The summed E-state index contributed by atoms with van der Waals surface area (Å²) < 4.78 is 0. The third-order valence-electron chi connectivity index (χ3n) is 2.95. The standard InChI is InChI=1S/C15H12N4O/c16-14(20)5-4-10-8-18-15-12(10)7-11(9-19-15)13-3-1-2-6-17-13/h1-9H,(H2,16,20)(H,18,19). The highest BCUT2D eigenvalue weighted by Gasteiger charge is 2.06. The Kier molecular flexibility index (Phi) is 3.01. The van der Waals surface area contributed by atoms with Gasteiger partial charge in [0, 0.05) is 41.2 Å². The summed E-state index contributed by atoms with van der Waals surface area (Å²) in [7, 11) is 0. The van der Waals surface area contributed by atoms with Crippen molar-refractivity contribution in [1.29, 1.82) is 0 Å². The molecule has 0 saturated carbocycles. The fourth-order valence-corrected chi connectivity index (χ4v) is 2.01. The number of nitrogens with zero attached hydrogens (tertiary/aromatic N) is 2. The van der Waals surface area contributed by atoms with Gasteiger partial charge in [-0.15, -0.1) is 0 Å². The van der Waals surface area contributed by atoms with E-state index in [0.717, 1.165) is 27.9 Å². The average Bonchev–Trinajstić information content (AvgIpc) is 2.88. The minimum absolute atomic E-state index is 0.479. The topological polar surface area (TPSA) is 84.7 Å². The van der Waals surface area contributed by atoms with E-state index in [-0.39, 0.29) is 0 Å². The number of amides is 1. The fourth-order valence-electron chi connectivity index (χ4n) is 2.01. The molecular weight excluding hydrogens is 252 g/mol. The highest BCUT2D eigenvalue weighted by molar-refractivity contribution is 5.95. The van der Waals surface area contributed by atoms with E-state index in [9.17, 15) is 4.79 Å². The lowest BCUT2D eigenvalue weighted by molar-refractivity contribution is -0.113. The van der Waals surface area contributed by atoms with E-state index in [2.05, 4.69) is 15.0 Å². The number of primary amides is 1. The second kappa shape index (κ2) is 4.97. The fraction of sp³-hybridized carbons (Fsp3) is 0. The van der Waals surface area contributed by atoms with Gasteiger partial charge in [-0.2, -0.15) is 0 Å². The van der Waals surface area contributed by atoms with E-state index in [0.29, 0.717) is 0 Å². The lowest BCUT2D eigenvalue weighted by Gasteiger charge is -2.00. The van der Waals surface area contributed by atoms with Crippen molar-refractivity contribution >= 4 is 23.0 Å². The van der Waals surface area contributed by atoms with E-state index in [4.69, 9.17) is 5.73 Å². The largest absolute Gasteiger partial charge is 0.366 e. The first-order valence-corrected chi connectivity index (χ1v) is 6.10. The summed E-state index contributed by atoms with van der Waals surface area (Å²) in [6.45, 7) is 0. The molecule has 0 radical (unpaired) electrons. The minimum Gasteiger partial charge on any atom is -0.366 e. The minimum atomic E-state index is -0.479. The molecule has 3 heterocycles. The van der Waals surface area contributed by atoms with Gasteiger partial charge in [0.2, 0.25) is 5.91 Å². The summed E-state index contributed by atoms with van der Waals surface area (Å²) in [4.78, 5) is 22.5. The molecule has 0 aliphatic rings. The maximum Gasteiger partial charge on any atom is 0.241 e. The van der Waals surface area contributed by atoms with E-state index in [1.165, 1.54) is 6.08 Å². The number of carbonyl (C=O) groups excluding carboxylic acids is 1. The van der Waals surface area contributed by atoms with Crippen molar-refractivity contribution in [3.05, 3.63) is 54.5 Å². The summed E-state index contributed by atoms with van der Waals surface area (Å²) in [5.74, 6) is -0.479. The van der Waals surface area contributed by atoms with Gasteiger partial charge in [0.05, 0.1) is 5.69 Å². The predicted octanol–water partition coefficient (Wildman–Crippen LogP) is 2.12. The van der Waals surface area contributed by atoms with Gasteiger partial charge < -0.3 is 10.7 Å². The Morgan fingerprint density at radius 1 is 1.30 bits per heavy atom. The lowest BCUT2D eigenvalue weighted by Crippen LogP contribution is -2.04. The van der Waals surface area contributed by atoms with Crippen LogP contribution in [-0.2, 0) is 4.79 Å². The summed E-state index contributed by atoms with van der Waals surface area (Å²) in [6, 6.07) is 7.71. The highest BCUT2D eigenvalue weighted by atomic mass is 16.1. The third kappa shape index (κ3) is 2.29. The Labute approximate surface area is 115 Å². The SMILES string of the molecule is NC(=O)C=Cc1c[nH]c2ncc(-c3ccccn3)cc12. The van der Waals surface area contributed by atoms with Crippen LogP contribution in [0, 0.1) is 0 Å². The molecule has 0 fully saturated rings. The molecule has 1 amide bonds. The van der Waals surface area contributed by atoms with Gasteiger partial charge in [0.25, 0.3) is 0 Å². The molecule has 0 atom stereocenters. The molecule has 3 rings (SSSR count). The van der Waals surface area contributed by atoms with Crippen LogP contribution in [-0.4, -0.2) is 20.9 Å². The number of H-pyrrole nitrogens is 1. The summed E-state index contributed by atoms with van der Waals surface area (Å²) >= 11 is 0. The smallest absolute Gasteiger partial charge is 0.241 e. The number of rotatable bonds is 3. The molecule has 5 heteroatoms. The number of aromatic amines is 1.